The molecule has 0 saturated heterocycles. The minimum Gasteiger partial charge on any atom is -0.672 e. The van der Waals surface area contributed by atoms with Gasteiger partial charge in [0.15, 0.2) is 0 Å². The smallest absolute Gasteiger partial charge is 0.0831 e. The van der Waals surface area contributed by atoms with E-state index in [9.17, 15) is 0 Å². The largest absolute Gasteiger partial charge is 0.672 e. The molecule has 4 aromatic carbocycles. The fourth-order valence-corrected chi connectivity index (χ4v) is 5.80. The molecule has 46 heavy (non-hydrogen) atoms. The number of thiazole rings is 1. The van der Waals surface area contributed by atoms with Crippen LogP contribution in [-0.2, 0) is 25.8 Å². The van der Waals surface area contributed by atoms with Crippen molar-refractivity contribution in [3.05, 3.63) is 139 Å². The molecule has 0 aliphatic heterocycles. The molecule has 0 fully saturated rings. The molecule has 0 aliphatic rings. The van der Waals surface area contributed by atoms with Crippen molar-refractivity contribution >= 4 is 27.8 Å². The average Bonchev–Trinajstić information content (AvgIpc) is 3.51. The summed E-state index contributed by atoms with van der Waals surface area (Å²) < 4.78 is 0. The molecule has 1 aromatic heterocycles. The molecular weight excluding hydrogens is 749 g/mol. The zero-order valence-corrected chi connectivity index (χ0v) is 33.9. The van der Waals surface area contributed by atoms with Gasteiger partial charge in [0, 0.05) is 36.8 Å². The van der Waals surface area contributed by atoms with Gasteiger partial charge in [-0.3, -0.25) is 0 Å². The van der Waals surface area contributed by atoms with E-state index in [4.69, 9.17) is 10.3 Å². The maximum absolute atomic E-state index is 5.52. The Bertz CT molecular complexity index is 1530. The second-order valence-corrected chi connectivity index (χ2v) is 12.3. The van der Waals surface area contributed by atoms with Crippen molar-refractivity contribution in [1.29, 1.82) is 0 Å². The van der Waals surface area contributed by atoms with Crippen LogP contribution < -0.4 is 0 Å². The first-order valence-electron chi connectivity index (χ1n) is 15.4. The Morgan fingerprint density at radius 3 is 1.65 bits per heavy atom. The van der Waals surface area contributed by atoms with E-state index in [-0.39, 0.29) is 31.9 Å². The van der Waals surface area contributed by atoms with Crippen molar-refractivity contribution in [2.24, 2.45) is 0 Å². The molecule has 0 aliphatic carbocycles. The van der Waals surface area contributed by atoms with E-state index in [1.54, 1.807) is 53.6 Å². The van der Waals surface area contributed by atoms with Gasteiger partial charge in [-0.05, 0) is 41.1 Å². The normalized spacial score (nSPS) is 10.9. The molecule has 5 aromatic rings. The predicted molar refractivity (Wildman–Crippen MR) is 201 cm³/mol. The molecule has 0 saturated carbocycles. The number of nitrogens with zero attached hydrogens (tertiary/aromatic N) is 5. The summed E-state index contributed by atoms with van der Waals surface area (Å²) in [6.45, 7) is 11.2. The molecule has 1 unspecified atom stereocenters. The Balaban J connectivity index is 0.000000952. The fraction of sp³-hybridized carbons (Fsp3) is 0.359. The minimum atomic E-state index is -0.155. The van der Waals surface area contributed by atoms with Crippen LogP contribution in [0.25, 0.3) is 43.3 Å². The SMILES string of the molecule is C[N-]C.C[N-]C.C[N-]C.Cc1ccccc1C([N-]c1c(C(C)C)cccc1C(C)C)c1nc(-c2cccc3ccccc23)cs1.[Hf]. The Morgan fingerprint density at radius 1 is 0.609 bits per heavy atom. The molecule has 0 N–H and O–H groups in total. The second-order valence-electron chi connectivity index (χ2n) is 11.4. The number of fused-ring (bicyclic) bond motifs is 1. The van der Waals surface area contributed by atoms with Gasteiger partial charge in [-0.25, -0.2) is 4.98 Å². The van der Waals surface area contributed by atoms with Crippen LogP contribution in [0.2, 0.25) is 0 Å². The number of para-hydroxylation sites is 1. The van der Waals surface area contributed by atoms with E-state index in [2.05, 4.69) is 141 Å². The number of aromatic nitrogens is 1. The van der Waals surface area contributed by atoms with Crippen LogP contribution in [0.4, 0.5) is 5.69 Å². The van der Waals surface area contributed by atoms with Crippen LogP contribution in [-0.4, -0.2) is 47.3 Å². The molecule has 0 bridgehead atoms. The monoisotopic (exact) mass is 801 g/mol. The summed E-state index contributed by atoms with van der Waals surface area (Å²) in [7, 11) is 10.5. The van der Waals surface area contributed by atoms with Crippen molar-refractivity contribution in [2.45, 2.75) is 52.5 Å². The number of benzene rings is 4. The zero-order valence-electron chi connectivity index (χ0n) is 29.5. The van der Waals surface area contributed by atoms with Gasteiger partial charge in [0.2, 0.25) is 0 Å². The standard InChI is InChI=1S/C33H33N2S.3C2H6N.Hf/c1-21(2)25-17-11-18-26(22(3)4)31(25)35-32(27-15-8-6-12-23(27)5)33-34-30(20-36-33)29-19-10-14-24-13-7-9-16-28(24)29;3*1-3-2;/h6-22,32H,1-5H3;3*1-2H3;/q4*-1;. The van der Waals surface area contributed by atoms with Gasteiger partial charge in [0.25, 0.3) is 0 Å². The van der Waals surface area contributed by atoms with Gasteiger partial charge >= 0.3 is 0 Å². The predicted octanol–water partition coefficient (Wildman–Crippen LogP) is 12.2. The molecule has 246 valence electrons. The molecule has 5 rings (SSSR count). The first kappa shape index (κ1) is 41.3. The van der Waals surface area contributed by atoms with Crippen LogP contribution >= 0.6 is 11.3 Å². The van der Waals surface area contributed by atoms with Crippen LogP contribution in [0.5, 0.6) is 0 Å². The van der Waals surface area contributed by atoms with Crippen LogP contribution in [0.15, 0.2) is 90.3 Å². The zero-order chi connectivity index (χ0) is 33.4. The van der Waals surface area contributed by atoms with Gasteiger partial charge < -0.3 is 21.3 Å². The summed E-state index contributed by atoms with van der Waals surface area (Å²) >= 11 is 1.71. The third-order valence-corrected chi connectivity index (χ3v) is 7.80. The van der Waals surface area contributed by atoms with Crippen molar-refractivity contribution in [3.8, 4) is 11.3 Å². The third-order valence-electron chi connectivity index (χ3n) is 6.91. The molecule has 1 atom stereocenters. The molecule has 0 radical (unpaired) electrons. The molecular formula is C39H51HfN5S-4. The topological polar surface area (TPSA) is 69.3 Å². The Hall–Kier alpha value is -2.68. The van der Waals surface area contributed by atoms with Crippen LogP contribution in [0.1, 0.15) is 72.8 Å². The number of rotatable bonds is 7. The average molecular weight is 800 g/mol. The van der Waals surface area contributed by atoms with Crippen LogP contribution in [0.3, 0.4) is 0 Å². The van der Waals surface area contributed by atoms with E-state index in [1.165, 1.54) is 38.6 Å². The van der Waals surface area contributed by atoms with Gasteiger partial charge in [0.1, 0.15) is 0 Å². The first-order chi connectivity index (χ1) is 21.7. The van der Waals surface area contributed by atoms with Crippen molar-refractivity contribution in [3.63, 3.8) is 0 Å². The van der Waals surface area contributed by atoms with Crippen molar-refractivity contribution in [2.75, 3.05) is 42.3 Å². The minimum absolute atomic E-state index is 0. The maximum Gasteiger partial charge on any atom is 0.0831 e. The summed E-state index contributed by atoms with van der Waals surface area (Å²) in [5.41, 5.74) is 8.35. The van der Waals surface area contributed by atoms with E-state index in [1.807, 2.05) is 0 Å². The first-order valence-corrected chi connectivity index (χ1v) is 16.3. The second kappa shape index (κ2) is 22.0. The van der Waals surface area contributed by atoms with Gasteiger partial charge in [-0.1, -0.05) is 129 Å². The van der Waals surface area contributed by atoms with E-state index in [0.717, 1.165) is 16.4 Å². The molecule has 1 heterocycles. The molecule has 0 amide bonds. The Kier molecular flexibility index (Phi) is 19.8. The van der Waals surface area contributed by atoms with E-state index >= 15 is 0 Å². The summed E-state index contributed by atoms with van der Waals surface area (Å²) in [6.07, 6.45) is 0. The Morgan fingerprint density at radius 2 is 1.09 bits per heavy atom. The van der Waals surface area contributed by atoms with E-state index < -0.39 is 0 Å². The quantitative estimate of drug-likeness (QED) is 0.151. The number of aryl methyl sites for hydroxylation is 1. The van der Waals surface area contributed by atoms with Gasteiger partial charge in [-0.15, -0.1) is 17.0 Å². The summed E-state index contributed by atoms with van der Waals surface area (Å²) in [5.74, 6) is 0.782. The summed E-state index contributed by atoms with van der Waals surface area (Å²) in [6, 6.07) is 30.0. The summed E-state index contributed by atoms with van der Waals surface area (Å²) in [4.78, 5) is 5.22. The summed E-state index contributed by atoms with van der Waals surface area (Å²) in [5, 5.41) is 21.7. The van der Waals surface area contributed by atoms with Gasteiger partial charge in [0.05, 0.1) is 10.7 Å². The van der Waals surface area contributed by atoms with Crippen LogP contribution in [0, 0.1) is 6.92 Å². The van der Waals surface area contributed by atoms with Crippen molar-refractivity contribution < 1.29 is 25.8 Å². The third kappa shape index (κ3) is 11.5. The van der Waals surface area contributed by atoms with Gasteiger partial charge in [-0.2, -0.15) is 42.3 Å². The fourth-order valence-electron chi connectivity index (χ4n) is 4.93. The molecule has 0 spiro atoms. The molecule has 5 nitrogen and oxygen atoms in total. The number of hydrogen-bond acceptors (Lipinski definition) is 2. The maximum atomic E-state index is 5.52. The molecule has 7 heteroatoms. The Labute approximate surface area is 301 Å². The number of hydrogen-bond donors (Lipinski definition) is 0. The van der Waals surface area contributed by atoms with E-state index in [0.29, 0.717) is 11.8 Å². The van der Waals surface area contributed by atoms with Crippen molar-refractivity contribution in [1.82, 2.24) is 4.98 Å².